The van der Waals surface area contributed by atoms with Crippen LogP contribution in [0.4, 0.5) is 0 Å². The summed E-state index contributed by atoms with van der Waals surface area (Å²) in [5.74, 6) is -2.58. The second-order valence-corrected chi connectivity index (χ2v) is 14.5. The summed E-state index contributed by atoms with van der Waals surface area (Å²) in [6, 6.07) is 3.07. The maximum Gasteiger partial charge on any atom is 0.251 e. The predicted molar refractivity (Wildman–Crippen MR) is 231 cm³/mol. The zero-order chi connectivity index (χ0) is 46.7. The summed E-state index contributed by atoms with van der Waals surface area (Å²) >= 11 is 0. The normalized spacial score (nSPS) is 11.8. The third-order valence-electron chi connectivity index (χ3n) is 9.18. The molecule has 0 fully saturated rings. The molecule has 1 aromatic carbocycles. The lowest BCUT2D eigenvalue weighted by Gasteiger charge is -2.18. The molecule has 0 saturated heterocycles. The first-order valence-electron chi connectivity index (χ1n) is 21.3. The van der Waals surface area contributed by atoms with Gasteiger partial charge in [0.2, 0.25) is 23.6 Å². The summed E-state index contributed by atoms with van der Waals surface area (Å²) in [7, 11) is 6.11. The van der Waals surface area contributed by atoms with Crippen molar-refractivity contribution in [3.8, 4) is 0 Å². The van der Waals surface area contributed by atoms with Crippen LogP contribution in [-0.4, -0.2) is 167 Å². The molecular formula is C43H70N6O14. The van der Waals surface area contributed by atoms with Gasteiger partial charge in [0, 0.05) is 117 Å². The number of methoxy groups -OCH3 is 4. The van der Waals surface area contributed by atoms with Gasteiger partial charge in [-0.05, 0) is 56.4 Å². The van der Waals surface area contributed by atoms with Gasteiger partial charge in [0.15, 0.2) is 11.6 Å². The number of nitrogens with one attached hydrogen (secondary N) is 6. The Kier molecular flexibility index (Phi) is 31.7. The summed E-state index contributed by atoms with van der Waals surface area (Å²) in [4.78, 5) is 101. The number of amides is 6. The number of carbonyl (C=O) groups is 8. The molecule has 20 nitrogen and oxygen atoms in total. The molecule has 0 heterocycles. The van der Waals surface area contributed by atoms with Crippen molar-refractivity contribution in [1.29, 1.82) is 0 Å². The molecule has 6 amide bonds. The average molecular weight is 895 g/mol. The number of benzene rings is 1. The van der Waals surface area contributed by atoms with E-state index in [1.165, 1.54) is 34.5 Å². The molecule has 0 saturated carbocycles. The Morgan fingerprint density at radius 1 is 0.444 bits per heavy atom. The molecular weight excluding hydrogens is 825 g/mol. The van der Waals surface area contributed by atoms with Gasteiger partial charge in [-0.15, -0.1) is 0 Å². The van der Waals surface area contributed by atoms with Gasteiger partial charge in [-0.25, -0.2) is 0 Å². The Bertz CT molecular complexity index is 1450. The molecule has 0 aromatic heterocycles. The lowest BCUT2D eigenvalue weighted by molar-refractivity contribution is -0.129. The Morgan fingerprint density at radius 2 is 0.825 bits per heavy atom. The molecule has 2 unspecified atom stereocenters. The van der Waals surface area contributed by atoms with Crippen LogP contribution in [-0.2, 0) is 57.2 Å². The van der Waals surface area contributed by atoms with Crippen LogP contribution in [0.3, 0.4) is 0 Å². The number of hydrogen-bond donors (Lipinski definition) is 6. The van der Waals surface area contributed by atoms with E-state index in [0.717, 1.165) is 0 Å². The molecule has 0 spiro atoms. The fraction of sp³-hybridized carbons (Fsp3) is 0.674. The molecule has 356 valence electrons. The van der Waals surface area contributed by atoms with E-state index >= 15 is 0 Å². The molecule has 1 rings (SSSR count). The summed E-state index contributed by atoms with van der Waals surface area (Å²) in [5, 5.41) is 16.3. The second-order valence-electron chi connectivity index (χ2n) is 14.5. The van der Waals surface area contributed by atoms with Gasteiger partial charge in [0.1, 0.15) is 0 Å². The first-order chi connectivity index (χ1) is 30.3. The Morgan fingerprint density at radius 3 is 1.21 bits per heavy atom. The first kappa shape index (κ1) is 56.2. The largest absolute Gasteiger partial charge is 0.385 e. The Hall–Kier alpha value is -4.86. The highest BCUT2D eigenvalue weighted by Crippen LogP contribution is 2.11. The van der Waals surface area contributed by atoms with E-state index in [1.807, 2.05) is 0 Å². The smallest absolute Gasteiger partial charge is 0.251 e. The van der Waals surface area contributed by atoms with Gasteiger partial charge < -0.3 is 60.3 Å². The van der Waals surface area contributed by atoms with Gasteiger partial charge in [0.05, 0.1) is 51.7 Å². The average Bonchev–Trinajstić information content (AvgIpc) is 3.25. The molecule has 20 heteroatoms. The Balaban J connectivity index is 2.49. The standard InChI is InChI=1S/C43H70N6O14/c1-31-28-32(42(56)46-18-26-62-22-14-40(54)48-34(36(50)8-6-20-58-2)10-12-38(52)44-16-24-60-4)30-33(29-31)43(57)47-19-27-63-23-15-41(55)49-35(37(51)9-7-21-59-3)11-13-39(53)45-17-25-61-5/h28-30,34-35H,6-27H2,1-5H3,(H,44,52)(H,45,53)(H,46,56)(H,47,57)(H,48,54)(H,49,55). The number of hydrogen-bond acceptors (Lipinski definition) is 14. The van der Waals surface area contributed by atoms with E-state index in [2.05, 4.69) is 31.9 Å². The van der Waals surface area contributed by atoms with Gasteiger partial charge in [-0.2, -0.15) is 0 Å². The van der Waals surface area contributed by atoms with Crippen molar-refractivity contribution in [1.82, 2.24) is 31.9 Å². The number of carbonyl (C=O) groups excluding carboxylic acids is 8. The third kappa shape index (κ3) is 27.7. The van der Waals surface area contributed by atoms with Gasteiger partial charge >= 0.3 is 0 Å². The number of ketones is 2. The highest BCUT2D eigenvalue weighted by atomic mass is 16.5. The van der Waals surface area contributed by atoms with Gasteiger partial charge in [-0.3, -0.25) is 38.4 Å². The van der Waals surface area contributed by atoms with E-state index in [1.54, 1.807) is 19.1 Å². The Labute approximate surface area is 370 Å². The summed E-state index contributed by atoms with van der Waals surface area (Å²) in [6.07, 6.45) is 1.68. The van der Waals surface area contributed by atoms with Crippen LogP contribution >= 0.6 is 0 Å². The summed E-state index contributed by atoms with van der Waals surface area (Å²) in [6.45, 7) is 4.45. The molecule has 0 aliphatic carbocycles. The van der Waals surface area contributed by atoms with Crippen molar-refractivity contribution in [2.24, 2.45) is 0 Å². The van der Waals surface area contributed by atoms with Crippen molar-refractivity contribution in [3.63, 3.8) is 0 Å². The van der Waals surface area contributed by atoms with Crippen molar-refractivity contribution in [3.05, 3.63) is 34.9 Å². The van der Waals surface area contributed by atoms with Crippen LogP contribution in [0.25, 0.3) is 0 Å². The topological polar surface area (TPSA) is 264 Å². The predicted octanol–water partition coefficient (Wildman–Crippen LogP) is 0.315. The van der Waals surface area contributed by atoms with Crippen LogP contribution in [0.1, 0.15) is 90.5 Å². The molecule has 63 heavy (non-hydrogen) atoms. The van der Waals surface area contributed by atoms with Crippen LogP contribution < -0.4 is 31.9 Å². The fourth-order valence-electron chi connectivity index (χ4n) is 5.86. The van der Waals surface area contributed by atoms with E-state index in [0.29, 0.717) is 57.9 Å². The molecule has 0 radical (unpaired) electrons. The van der Waals surface area contributed by atoms with Crippen LogP contribution in [0.15, 0.2) is 18.2 Å². The van der Waals surface area contributed by atoms with Crippen molar-refractivity contribution >= 4 is 47.0 Å². The summed E-state index contributed by atoms with van der Waals surface area (Å²) < 4.78 is 30.9. The van der Waals surface area contributed by atoms with E-state index in [9.17, 15) is 38.4 Å². The second kappa shape index (κ2) is 35.6. The number of aryl methyl sites for hydroxylation is 1. The fourth-order valence-corrected chi connectivity index (χ4v) is 5.86. The summed E-state index contributed by atoms with van der Waals surface area (Å²) in [5.41, 5.74) is 1.21. The minimum Gasteiger partial charge on any atom is -0.385 e. The van der Waals surface area contributed by atoms with Crippen molar-refractivity contribution in [2.45, 2.75) is 83.2 Å². The number of Topliss-reactive ketones (excluding diaryl/α,β-unsaturated/α-hetero) is 2. The van der Waals surface area contributed by atoms with Crippen LogP contribution in [0.2, 0.25) is 0 Å². The highest BCUT2D eigenvalue weighted by Gasteiger charge is 2.23. The molecule has 2 atom stereocenters. The maximum absolute atomic E-state index is 12.9. The van der Waals surface area contributed by atoms with E-state index < -0.39 is 35.7 Å². The van der Waals surface area contributed by atoms with Crippen LogP contribution in [0.5, 0.6) is 0 Å². The lowest BCUT2D eigenvalue weighted by atomic mass is 10.0. The van der Waals surface area contributed by atoms with Gasteiger partial charge in [-0.1, -0.05) is 0 Å². The van der Waals surface area contributed by atoms with Gasteiger partial charge in [0.25, 0.3) is 11.8 Å². The zero-order valence-corrected chi connectivity index (χ0v) is 37.7. The van der Waals surface area contributed by atoms with Crippen molar-refractivity contribution < 1.29 is 66.8 Å². The molecule has 0 aliphatic rings. The molecule has 0 aliphatic heterocycles. The van der Waals surface area contributed by atoms with E-state index in [-0.39, 0.29) is 125 Å². The van der Waals surface area contributed by atoms with Crippen LogP contribution in [0, 0.1) is 6.92 Å². The number of rotatable bonds is 38. The molecule has 0 bridgehead atoms. The SMILES string of the molecule is COCCCC(=O)C(CCC(=O)NCCOC)NC(=O)CCOCCNC(=O)c1cc(C)cc(C(=O)NCCOCCC(=O)NC(CCC(=O)NCCOC)C(=O)CCCOC)c1. The highest BCUT2D eigenvalue weighted by molar-refractivity contribution is 6.00. The number of ether oxygens (including phenoxy) is 6. The van der Waals surface area contributed by atoms with E-state index in [4.69, 9.17) is 28.4 Å². The third-order valence-corrected chi connectivity index (χ3v) is 9.18. The monoisotopic (exact) mass is 894 g/mol. The minimum absolute atomic E-state index is 0.0320. The van der Waals surface area contributed by atoms with Crippen molar-refractivity contribution in [2.75, 3.05) is 107 Å². The molecule has 6 N–H and O–H groups in total. The zero-order valence-electron chi connectivity index (χ0n) is 37.7. The first-order valence-corrected chi connectivity index (χ1v) is 21.3. The maximum atomic E-state index is 12.9. The lowest BCUT2D eigenvalue weighted by Crippen LogP contribution is -2.42. The minimum atomic E-state index is -0.831. The molecule has 1 aromatic rings. The quantitative estimate of drug-likeness (QED) is 0.0489.